The van der Waals surface area contributed by atoms with Gasteiger partial charge in [0.15, 0.2) is 12.6 Å². The highest BCUT2D eigenvalue weighted by atomic mass is 16.7. The first-order chi connectivity index (χ1) is 9.63. The minimum Gasteiger partial charge on any atom is -0.388 e. The Balaban J connectivity index is 1.53. The van der Waals surface area contributed by atoms with E-state index in [4.69, 9.17) is 28.4 Å². The fourth-order valence-electron chi connectivity index (χ4n) is 1.90. The Kier molecular flexibility index (Phi) is 6.63. The smallest absolute Gasteiger partial charge is 0.155 e. The number of aliphatic hydroxyl groups is 1. The largest absolute Gasteiger partial charge is 0.388 e. The van der Waals surface area contributed by atoms with Crippen LogP contribution in [0.4, 0.5) is 0 Å². The molecule has 0 radical (unpaired) electrons. The molecule has 2 fully saturated rings. The van der Waals surface area contributed by atoms with Crippen molar-refractivity contribution in [3.63, 3.8) is 0 Å². The standard InChI is InChI=1S/C13H24O7/c1-9-15-5-12(6-16-9)19-3-11(14)4-20-13-7-17-10(2)18-8-13/h9-14H,3-8H2,1-2H3/t9-,10-,12+,13+. The quantitative estimate of drug-likeness (QED) is 0.733. The Hall–Kier alpha value is -0.280. The molecule has 0 unspecified atom stereocenters. The maximum Gasteiger partial charge on any atom is 0.155 e. The Morgan fingerprint density at radius 1 is 0.850 bits per heavy atom. The van der Waals surface area contributed by atoms with Gasteiger partial charge in [0.25, 0.3) is 0 Å². The van der Waals surface area contributed by atoms with Gasteiger partial charge in [-0.1, -0.05) is 0 Å². The Morgan fingerprint density at radius 3 is 1.55 bits per heavy atom. The van der Waals surface area contributed by atoms with Crippen molar-refractivity contribution in [1.82, 2.24) is 0 Å². The van der Waals surface area contributed by atoms with E-state index < -0.39 is 6.10 Å². The number of hydrogen-bond donors (Lipinski definition) is 1. The topological polar surface area (TPSA) is 75.6 Å². The van der Waals surface area contributed by atoms with Crippen molar-refractivity contribution in [3.05, 3.63) is 0 Å². The summed E-state index contributed by atoms with van der Waals surface area (Å²) >= 11 is 0. The summed E-state index contributed by atoms with van der Waals surface area (Å²) < 4.78 is 32.2. The van der Waals surface area contributed by atoms with E-state index in [-0.39, 0.29) is 38.0 Å². The summed E-state index contributed by atoms with van der Waals surface area (Å²) in [6.45, 7) is 6.00. The fourth-order valence-corrected chi connectivity index (χ4v) is 1.90. The van der Waals surface area contributed by atoms with Crippen LogP contribution in [-0.4, -0.2) is 75.6 Å². The molecule has 1 N–H and O–H groups in total. The van der Waals surface area contributed by atoms with Gasteiger partial charge in [-0.3, -0.25) is 0 Å². The molecule has 0 aromatic carbocycles. The van der Waals surface area contributed by atoms with Crippen LogP contribution in [0.2, 0.25) is 0 Å². The summed E-state index contributed by atoms with van der Waals surface area (Å²) in [4.78, 5) is 0. The molecular formula is C13H24O7. The van der Waals surface area contributed by atoms with Crippen molar-refractivity contribution in [3.8, 4) is 0 Å². The third-order valence-corrected chi connectivity index (χ3v) is 3.12. The first-order valence-corrected chi connectivity index (χ1v) is 7.01. The van der Waals surface area contributed by atoms with Crippen LogP contribution in [0, 0.1) is 0 Å². The van der Waals surface area contributed by atoms with E-state index >= 15 is 0 Å². The van der Waals surface area contributed by atoms with Crippen molar-refractivity contribution in [2.24, 2.45) is 0 Å². The predicted molar refractivity (Wildman–Crippen MR) is 68.2 cm³/mol. The zero-order valence-electron chi connectivity index (χ0n) is 12.0. The lowest BCUT2D eigenvalue weighted by molar-refractivity contribution is -0.230. The molecule has 0 saturated carbocycles. The van der Waals surface area contributed by atoms with Crippen LogP contribution < -0.4 is 0 Å². The number of rotatable bonds is 6. The van der Waals surface area contributed by atoms with Gasteiger partial charge in [-0.15, -0.1) is 0 Å². The first-order valence-electron chi connectivity index (χ1n) is 7.01. The molecule has 118 valence electrons. The number of aliphatic hydroxyl groups excluding tert-OH is 1. The lowest BCUT2D eigenvalue weighted by Gasteiger charge is -2.29. The molecule has 0 atom stereocenters. The summed E-state index contributed by atoms with van der Waals surface area (Å²) in [5.41, 5.74) is 0. The number of hydrogen-bond acceptors (Lipinski definition) is 7. The van der Waals surface area contributed by atoms with E-state index in [9.17, 15) is 5.11 Å². The molecule has 7 nitrogen and oxygen atoms in total. The van der Waals surface area contributed by atoms with Crippen LogP contribution in [0.1, 0.15) is 13.8 Å². The van der Waals surface area contributed by atoms with Crippen LogP contribution in [0.15, 0.2) is 0 Å². The van der Waals surface area contributed by atoms with Gasteiger partial charge < -0.3 is 33.5 Å². The van der Waals surface area contributed by atoms with Gasteiger partial charge in [0.05, 0.1) is 39.6 Å². The minimum absolute atomic E-state index is 0.136. The van der Waals surface area contributed by atoms with Crippen LogP contribution in [0.5, 0.6) is 0 Å². The summed E-state index contributed by atoms with van der Waals surface area (Å²) in [6.07, 6.45) is -1.33. The van der Waals surface area contributed by atoms with Crippen LogP contribution in [0.3, 0.4) is 0 Å². The molecule has 2 aliphatic heterocycles. The Labute approximate surface area is 119 Å². The second-order valence-corrected chi connectivity index (χ2v) is 5.03. The van der Waals surface area contributed by atoms with E-state index in [0.717, 1.165) is 0 Å². The zero-order chi connectivity index (χ0) is 14.4. The van der Waals surface area contributed by atoms with Crippen molar-refractivity contribution in [2.45, 2.75) is 44.7 Å². The van der Waals surface area contributed by atoms with E-state index in [1.807, 2.05) is 13.8 Å². The lowest BCUT2D eigenvalue weighted by atomic mass is 10.3. The first kappa shape index (κ1) is 16.1. The third kappa shape index (κ3) is 5.61. The van der Waals surface area contributed by atoms with E-state index in [2.05, 4.69) is 0 Å². The summed E-state index contributed by atoms with van der Waals surface area (Å²) in [5, 5.41) is 9.80. The van der Waals surface area contributed by atoms with Crippen LogP contribution in [0.25, 0.3) is 0 Å². The molecule has 2 saturated heterocycles. The third-order valence-electron chi connectivity index (χ3n) is 3.12. The SMILES string of the molecule is C[C@H]1OC[C@@H](OCC(O)CO[C@H]2CO[C@@H](C)OC2)CO1. The van der Waals surface area contributed by atoms with Gasteiger partial charge in [-0.25, -0.2) is 0 Å². The molecule has 20 heavy (non-hydrogen) atoms. The predicted octanol–water partition coefficient (Wildman–Crippen LogP) is -0.0967. The molecule has 2 aliphatic rings. The Bertz CT molecular complexity index is 233. The van der Waals surface area contributed by atoms with E-state index in [1.165, 1.54) is 0 Å². The van der Waals surface area contributed by atoms with Crippen molar-refractivity contribution in [2.75, 3.05) is 39.6 Å². The minimum atomic E-state index is -0.686. The average molecular weight is 292 g/mol. The molecule has 0 aliphatic carbocycles. The molecule has 2 heterocycles. The molecule has 2 rings (SSSR count). The maximum absolute atomic E-state index is 9.80. The molecule has 0 aromatic heterocycles. The monoisotopic (exact) mass is 292 g/mol. The van der Waals surface area contributed by atoms with Crippen LogP contribution in [-0.2, 0) is 28.4 Å². The van der Waals surface area contributed by atoms with Crippen molar-refractivity contribution >= 4 is 0 Å². The van der Waals surface area contributed by atoms with Gasteiger partial charge in [-0.05, 0) is 13.8 Å². The molecule has 0 aromatic rings. The molecule has 0 bridgehead atoms. The zero-order valence-corrected chi connectivity index (χ0v) is 12.0. The highest BCUT2D eigenvalue weighted by molar-refractivity contribution is 4.65. The molecule has 0 amide bonds. The van der Waals surface area contributed by atoms with E-state index in [0.29, 0.717) is 26.4 Å². The van der Waals surface area contributed by atoms with E-state index in [1.54, 1.807) is 0 Å². The van der Waals surface area contributed by atoms with Gasteiger partial charge in [-0.2, -0.15) is 0 Å². The highest BCUT2D eigenvalue weighted by Crippen LogP contribution is 2.10. The maximum atomic E-state index is 9.80. The van der Waals surface area contributed by atoms with Gasteiger partial charge in [0.2, 0.25) is 0 Å². The summed E-state index contributed by atoms with van der Waals surface area (Å²) in [6, 6.07) is 0. The van der Waals surface area contributed by atoms with Crippen molar-refractivity contribution < 1.29 is 33.5 Å². The normalized spacial score (nSPS) is 36.8. The molecule has 0 spiro atoms. The lowest BCUT2D eigenvalue weighted by Crippen LogP contribution is -2.40. The second-order valence-electron chi connectivity index (χ2n) is 5.03. The second kappa shape index (κ2) is 8.23. The average Bonchev–Trinajstić information content (AvgIpc) is 2.46. The van der Waals surface area contributed by atoms with Gasteiger partial charge >= 0.3 is 0 Å². The van der Waals surface area contributed by atoms with Crippen LogP contribution >= 0.6 is 0 Å². The summed E-state index contributed by atoms with van der Waals surface area (Å²) in [7, 11) is 0. The van der Waals surface area contributed by atoms with Gasteiger partial charge in [0.1, 0.15) is 18.3 Å². The molecule has 7 heteroatoms. The summed E-state index contributed by atoms with van der Waals surface area (Å²) in [5.74, 6) is 0. The number of ether oxygens (including phenoxy) is 6. The Morgan fingerprint density at radius 2 is 1.20 bits per heavy atom. The molecular weight excluding hydrogens is 268 g/mol. The van der Waals surface area contributed by atoms with Gasteiger partial charge in [0, 0.05) is 0 Å². The van der Waals surface area contributed by atoms with Crippen molar-refractivity contribution in [1.29, 1.82) is 0 Å². The highest BCUT2D eigenvalue weighted by Gasteiger charge is 2.22. The fraction of sp³-hybridized carbons (Fsp3) is 1.00.